The maximum atomic E-state index is 11.7. The van der Waals surface area contributed by atoms with E-state index < -0.39 is 0 Å². The Morgan fingerprint density at radius 2 is 1.59 bits per heavy atom. The lowest BCUT2D eigenvalue weighted by molar-refractivity contribution is 0.250. The normalized spacial score (nSPS) is 14.9. The highest BCUT2D eigenvalue weighted by Crippen LogP contribution is 2.21. The molecule has 144 valence electrons. The standard InChI is InChI=1S/C19H27N7O/c1-14(2)20-19(27)22-18-9-8-17(23-24-18)21-15-4-6-16(7-5-15)26-12-10-25(3)11-13-26/h4-9,14H,10-13H2,1-3H3,(H,21,23)(H2,20,22,24,27). The zero-order valence-electron chi connectivity index (χ0n) is 16.1. The first-order chi connectivity index (χ1) is 13.0. The molecule has 0 radical (unpaired) electrons. The molecule has 1 aliphatic rings. The van der Waals surface area contributed by atoms with Crippen LogP contribution in [0.4, 0.5) is 27.8 Å². The average molecular weight is 369 g/mol. The van der Waals surface area contributed by atoms with Crippen LogP contribution in [0.2, 0.25) is 0 Å². The molecule has 0 bridgehead atoms. The van der Waals surface area contributed by atoms with Gasteiger partial charge in [0.25, 0.3) is 0 Å². The monoisotopic (exact) mass is 369 g/mol. The van der Waals surface area contributed by atoms with E-state index in [-0.39, 0.29) is 12.1 Å². The smallest absolute Gasteiger partial charge is 0.320 e. The molecular formula is C19H27N7O. The molecule has 1 aromatic heterocycles. The summed E-state index contributed by atoms with van der Waals surface area (Å²) in [6, 6.07) is 11.6. The van der Waals surface area contributed by atoms with Crippen LogP contribution in [0.5, 0.6) is 0 Å². The lowest BCUT2D eigenvalue weighted by Gasteiger charge is -2.34. The van der Waals surface area contributed by atoms with Gasteiger partial charge in [0, 0.05) is 43.6 Å². The molecule has 1 aromatic carbocycles. The van der Waals surface area contributed by atoms with E-state index in [1.807, 2.05) is 26.0 Å². The minimum atomic E-state index is -0.292. The van der Waals surface area contributed by atoms with E-state index in [2.05, 4.69) is 55.1 Å². The number of aromatic nitrogens is 2. The summed E-state index contributed by atoms with van der Waals surface area (Å²) >= 11 is 0. The van der Waals surface area contributed by atoms with Crippen LogP contribution in [0, 0.1) is 0 Å². The molecule has 3 N–H and O–H groups in total. The predicted molar refractivity (Wildman–Crippen MR) is 109 cm³/mol. The number of benzene rings is 1. The summed E-state index contributed by atoms with van der Waals surface area (Å²) < 4.78 is 0. The van der Waals surface area contributed by atoms with Gasteiger partial charge >= 0.3 is 6.03 Å². The summed E-state index contributed by atoms with van der Waals surface area (Å²) in [6.07, 6.45) is 0. The molecule has 2 heterocycles. The van der Waals surface area contributed by atoms with Crippen molar-refractivity contribution in [3.63, 3.8) is 0 Å². The molecule has 8 nitrogen and oxygen atoms in total. The largest absolute Gasteiger partial charge is 0.369 e. The number of nitrogens with one attached hydrogen (secondary N) is 3. The van der Waals surface area contributed by atoms with Crippen molar-refractivity contribution in [2.24, 2.45) is 0 Å². The number of anilines is 4. The van der Waals surface area contributed by atoms with Crippen molar-refractivity contribution in [1.82, 2.24) is 20.4 Å². The molecule has 0 saturated carbocycles. The Labute approximate surface area is 160 Å². The van der Waals surface area contributed by atoms with Gasteiger partial charge in [0.15, 0.2) is 11.6 Å². The van der Waals surface area contributed by atoms with Crippen molar-refractivity contribution in [2.45, 2.75) is 19.9 Å². The van der Waals surface area contributed by atoms with Gasteiger partial charge in [-0.05, 0) is 57.3 Å². The maximum absolute atomic E-state index is 11.7. The number of nitrogens with zero attached hydrogens (tertiary/aromatic N) is 4. The van der Waals surface area contributed by atoms with E-state index in [1.54, 1.807) is 12.1 Å². The molecule has 3 rings (SSSR count). The number of carbonyl (C=O) groups is 1. The van der Waals surface area contributed by atoms with Gasteiger partial charge in [-0.1, -0.05) is 0 Å². The highest BCUT2D eigenvalue weighted by atomic mass is 16.2. The van der Waals surface area contributed by atoms with Gasteiger partial charge in [-0.2, -0.15) is 0 Å². The van der Waals surface area contributed by atoms with Crippen molar-refractivity contribution in [3.8, 4) is 0 Å². The lowest BCUT2D eigenvalue weighted by Crippen LogP contribution is -2.44. The molecule has 0 unspecified atom stereocenters. The van der Waals surface area contributed by atoms with Gasteiger partial charge < -0.3 is 20.4 Å². The van der Waals surface area contributed by atoms with E-state index in [0.29, 0.717) is 11.6 Å². The predicted octanol–water partition coefficient (Wildman–Crippen LogP) is 2.50. The summed E-state index contributed by atoms with van der Waals surface area (Å²) in [5.74, 6) is 1.03. The fraction of sp³-hybridized carbons (Fsp3) is 0.421. The lowest BCUT2D eigenvalue weighted by atomic mass is 10.2. The summed E-state index contributed by atoms with van der Waals surface area (Å²) in [5, 5.41) is 16.7. The molecular weight excluding hydrogens is 342 g/mol. The quantitative estimate of drug-likeness (QED) is 0.751. The zero-order chi connectivity index (χ0) is 19.2. The third-order valence-electron chi connectivity index (χ3n) is 4.33. The third-order valence-corrected chi connectivity index (χ3v) is 4.33. The first kappa shape index (κ1) is 18.9. The second-order valence-electron chi connectivity index (χ2n) is 7.02. The molecule has 0 spiro atoms. The van der Waals surface area contributed by atoms with Gasteiger partial charge in [-0.25, -0.2) is 4.79 Å². The van der Waals surface area contributed by atoms with Gasteiger partial charge in [-0.3, -0.25) is 5.32 Å². The van der Waals surface area contributed by atoms with Gasteiger partial charge in [0.05, 0.1) is 0 Å². The van der Waals surface area contributed by atoms with E-state index in [9.17, 15) is 4.79 Å². The first-order valence-electron chi connectivity index (χ1n) is 9.21. The fourth-order valence-corrected chi connectivity index (χ4v) is 2.85. The summed E-state index contributed by atoms with van der Waals surface area (Å²) in [6.45, 7) is 8.07. The maximum Gasteiger partial charge on any atom is 0.320 e. The van der Waals surface area contributed by atoms with E-state index in [4.69, 9.17) is 0 Å². The number of hydrogen-bond donors (Lipinski definition) is 3. The molecule has 1 saturated heterocycles. The number of likely N-dealkylation sites (N-methyl/N-ethyl adjacent to an activating group) is 1. The summed E-state index contributed by atoms with van der Waals surface area (Å²) in [7, 11) is 2.16. The Morgan fingerprint density at radius 3 is 2.19 bits per heavy atom. The van der Waals surface area contributed by atoms with Crippen molar-refractivity contribution < 1.29 is 4.79 Å². The third kappa shape index (κ3) is 5.55. The minimum absolute atomic E-state index is 0.0627. The van der Waals surface area contributed by atoms with E-state index in [0.717, 1.165) is 31.9 Å². The van der Waals surface area contributed by atoms with Crippen molar-refractivity contribution in [3.05, 3.63) is 36.4 Å². The van der Waals surface area contributed by atoms with Crippen LogP contribution in [0.1, 0.15) is 13.8 Å². The van der Waals surface area contributed by atoms with Crippen LogP contribution in [0.25, 0.3) is 0 Å². The van der Waals surface area contributed by atoms with E-state index in [1.165, 1.54) is 5.69 Å². The molecule has 0 atom stereocenters. The molecule has 27 heavy (non-hydrogen) atoms. The van der Waals surface area contributed by atoms with Gasteiger partial charge in [0.2, 0.25) is 0 Å². The van der Waals surface area contributed by atoms with Crippen LogP contribution < -0.4 is 20.9 Å². The van der Waals surface area contributed by atoms with E-state index >= 15 is 0 Å². The first-order valence-corrected chi connectivity index (χ1v) is 9.21. The Bertz CT molecular complexity index is 738. The van der Waals surface area contributed by atoms with Crippen LogP contribution in [-0.2, 0) is 0 Å². The molecule has 2 amide bonds. The van der Waals surface area contributed by atoms with Crippen molar-refractivity contribution in [2.75, 3.05) is 48.8 Å². The van der Waals surface area contributed by atoms with Crippen LogP contribution in [-0.4, -0.2) is 60.4 Å². The molecule has 8 heteroatoms. The highest BCUT2D eigenvalue weighted by molar-refractivity contribution is 5.88. The van der Waals surface area contributed by atoms with Gasteiger partial charge in [0.1, 0.15) is 0 Å². The molecule has 0 aliphatic carbocycles. The Hall–Kier alpha value is -2.87. The average Bonchev–Trinajstić information content (AvgIpc) is 2.64. The summed E-state index contributed by atoms with van der Waals surface area (Å²) in [4.78, 5) is 16.4. The highest BCUT2D eigenvalue weighted by Gasteiger charge is 2.14. The second kappa shape index (κ2) is 8.68. The molecule has 2 aromatic rings. The molecule has 1 fully saturated rings. The molecule has 1 aliphatic heterocycles. The number of rotatable bonds is 5. The Kier molecular flexibility index (Phi) is 6.08. The number of hydrogen-bond acceptors (Lipinski definition) is 6. The fourth-order valence-electron chi connectivity index (χ4n) is 2.85. The topological polar surface area (TPSA) is 85.4 Å². The SMILES string of the molecule is CC(C)NC(=O)Nc1ccc(Nc2ccc(N3CCN(C)CC3)cc2)nn1. The summed E-state index contributed by atoms with van der Waals surface area (Å²) in [5.41, 5.74) is 2.18. The zero-order valence-corrected chi connectivity index (χ0v) is 16.1. The van der Waals surface area contributed by atoms with Crippen molar-refractivity contribution >= 4 is 29.0 Å². The number of piperazine rings is 1. The Balaban J connectivity index is 1.55. The Morgan fingerprint density at radius 1 is 0.963 bits per heavy atom. The van der Waals surface area contributed by atoms with Crippen molar-refractivity contribution in [1.29, 1.82) is 0 Å². The minimum Gasteiger partial charge on any atom is -0.369 e. The van der Waals surface area contributed by atoms with Gasteiger partial charge in [-0.15, -0.1) is 10.2 Å². The van der Waals surface area contributed by atoms with Crippen LogP contribution in [0.15, 0.2) is 36.4 Å². The number of carbonyl (C=O) groups excluding carboxylic acids is 1. The van der Waals surface area contributed by atoms with Crippen LogP contribution >= 0.6 is 0 Å². The number of amides is 2. The second-order valence-corrected chi connectivity index (χ2v) is 7.02. The number of urea groups is 1. The van der Waals surface area contributed by atoms with Crippen LogP contribution in [0.3, 0.4) is 0 Å².